The summed E-state index contributed by atoms with van der Waals surface area (Å²) in [6, 6.07) is 13.7. The van der Waals surface area contributed by atoms with Crippen molar-refractivity contribution in [1.82, 2.24) is 15.2 Å². The minimum atomic E-state index is -0.0880. The highest BCUT2D eigenvalue weighted by atomic mass is 16.1. The highest BCUT2D eigenvalue weighted by Crippen LogP contribution is 2.15. The first-order valence-corrected chi connectivity index (χ1v) is 8.64. The molecule has 25 heavy (non-hydrogen) atoms. The third kappa shape index (κ3) is 5.16. The van der Waals surface area contributed by atoms with Crippen LogP contribution < -0.4 is 11.1 Å². The Hall–Kier alpha value is -2.66. The molecule has 0 spiro atoms. The zero-order valence-corrected chi connectivity index (χ0v) is 14.3. The number of carbonyl (C=O) groups excluding carboxylic acids is 1. The van der Waals surface area contributed by atoms with E-state index in [9.17, 15) is 4.79 Å². The van der Waals surface area contributed by atoms with Crippen LogP contribution in [-0.4, -0.2) is 42.0 Å². The number of hydrogen-bond acceptors (Lipinski definition) is 4. The van der Waals surface area contributed by atoms with E-state index in [1.165, 1.54) is 11.8 Å². The summed E-state index contributed by atoms with van der Waals surface area (Å²) in [6.07, 6.45) is 6.99. The molecule has 1 aromatic carbocycles. The van der Waals surface area contributed by atoms with Gasteiger partial charge in [-0.1, -0.05) is 42.5 Å². The molecule has 1 saturated heterocycles. The van der Waals surface area contributed by atoms with Gasteiger partial charge in [-0.15, -0.1) is 0 Å². The molecule has 1 aromatic heterocycles. The number of pyridine rings is 1. The van der Waals surface area contributed by atoms with Crippen molar-refractivity contribution in [1.29, 1.82) is 0 Å². The average molecular weight is 336 g/mol. The number of nitrogens with one attached hydrogen (secondary N) is 1. The normalized spacial score (nSPS) is 17.8. The maximum atomic E-state index is 12.1. The highest BCUT2D eigenvalue weighted by Gasteiger charge is 2.22. The maximum Gasteiger partial charge on any atom is 0.252 e. The lowest BCUT2D eigenvalue weighted by Crippen LogP contribution is -2.31. The number of anilines is 1. The zero-order valence-electron chi connectivity index (χ0n) is 14.3. The Morgan fingerprint density at radius 2 is 2.12 bits per heavy atom. The van der Waals surface area contributed by atoms with Crippen LogP contribution >= 0.6 is 0 Å². The molecule has 1 aliphatic heterocycles. The van der Waals surface area contributed by atoms with Gasteiger partial charge >= 0.3 is 0 Å². The van der Waals surface area contributed by atoms with Crippen molar-refractivity contribution in [2.24, 2.45) is 5.92 Å². The monoisotopic (exact) mass is 336 g/mol. The predicted molar refractivity (Wildman–Crippen MR) is 101 cm³/mol. The van der Waals surface area contributed by atoms with Crippen molar-refractivity contribution >= 4 is 17.8 Å². The van der Waals surface area contributed by atoms with Gasteiger partial charge in [0.25, 0.3) is 5.91 Å². The molecule has 1 aliphatic rings. The molecular weight excluding hydrogens is 312 g/mol. The van der Waals surface area contributed by atoms with E-state index in [1.54, 1.807) is 12.1 Å². The van der Waals surface area contributed by atoms with Crippen LogP contribution in [0.3, 0.4) is 0 Å². The van der Waals surface area contributed by atoms with Gasteiger partial charge in [-0.05, 0) is 36.6 Å². The van der Waals surface area contributed by atoms with Crippen LogP contribution in [0.4, 0.5) is 5.82 Å². The standard InChI is InChI=1S/C20H24N4O/c21-19-9-8-18(14-22-19)20(25)23-13-17-10-12-24(15-17)11-4-7-16-5-2-1-3-6-16/h1-9,14,17H,10-13,15H2,(H2,21,22)(H,23,25)/b7-4+/t17-/m1/s1. The van der Waals surface area contributed by atoms with E-state index < -0.39 is 0 Å². The first-order chi connectivity index (χ1) is 12.2. The number of carbonyl (C=O) groups is 1. The largest absolute Gasteiger partial charge is 0.384 e. The molecule has 3 N–H and O–H groups in total. The van der Waals surface area contributed by atoms with Gasteiger partial charge in [0, 0.05) is 25.8 Å². The number of benzene rings is 1. The van der Waals surface area contributed by atoms with Crippen LogP contribution in [0, 0.1) is 5.92 Å². The summed E-state index contributed by atoms with van der Waals surface area (Å²) in [6.45, 7) is 3.73. The van der Waals surface area contributed by atoms with Crippen LogP contribution in [0.1, 0.15) is 22.3 Å². The SMILES string of the molecule is Nc1ccc(C(=O)NC[C@H]2CCN(C/C=C/c3ccccc3)C2)cn1. The molecule has 0 radical (unpaired) electrons. The summed E-state index contributed by atoms with van der Waals surface area (Å²) in [5.74, 6) is 0.831. The Morgan fingerprint density at radius 3 is 2.88 bits per heavy atom. The number of rotatable bonds is 6. The molecule has 3 rings (SSSR count). The summed E-state index contributed by atoms with van der Waals surface area (Å²) < 4.78 is 0. The minimum Gasteiger partial charge on any atom is -0.384 e. The van der Waals surface area contributed by atoms with E-state index in [2.05, 4.69) is 39.5 Å². The molecule has 2 aromatic rings. The van der Waals surface area contributed by atoms with Crippen molar-refractivity contribution in [2.75, 3.05) is 31.9 Å². The molecule has 0 unspecified atom stereocenters. The van der Waals surface area contributed by atoms with Gasteiger partial charge in [-0.2, -0.15) is 0 Å². The van der Waals surface area contributed by atoms with Crippen molar-refractivity contribution in [2.45, 2.75) is 6.42 Å². The fraction of sp³-hybridized carbons (Fsp3) is 0.300. The van der Waals surface area contributed by atoms with Crippen LogP contribution in [-0.2, 0) is 0 Å². The van der Waals surface area contributed by atoms with Gasteiger partial charge in [-0.25, -0.2) is 4.98 Å². The molecule has 1 amide bonds. The first kappa shape index (κ1) is 17.2. The Bertz CT molecular complexity index is 712. The number of amides is 1. The maximum absolute atomic E-state index is 12.1. The summed E-state index contributed by atoms with van der Waals surface area (Å²) in [7, 11) is 0. The van der Waals surface area contributed by atoms with Gasteiger partial charge in [0.1, 0.15) is 5.82 Å². The van der Waals surface area contributed by atoms with E-state index >= 15 is 0 Å². The topological polar surface area (TPSA) is 71.2 Å². The van der Waals surface area contributed by atoms with Crippen LogP contribution in [0.25, 0.3) is 6.08 Å². The quantitative estimate of drug-likeness (QED) is 0.850. The smallest absolute Gasteiger partial charge is 0.252 e. The Balaban J connectivity index is 1.40. The van der Waals surface area contributed by atoms with Crippen molar-refractivity contribution in [3.8, 4) is 0 Å². The Kier molecular flexibility index (Phi) is 5.80. The molecule has 1 atom stereocenters. The first-order valence-electron chi connectivity index (χ1n) is 8.64. The molecule has 5 heteroatoms. The summed E-state index contributed by atoms with van der Waals surface area (Å²) in [4.78, 5) is 18.5. The van der Waals surface area contributed by atoms with E-state index in [-0.39, 0.29) is 5.91 Å². The van der Waals surface area contributed by atoms with Gasteiger partial charge in [0.2, 0.25) is 0 Å². The number of nitrogens with zero attached hydrogens (tertiary/aromatic N) is 2. The lowest BCUT2D eigenvalue weighted by atomic mass is 10.1. The summed E-state index contributed by atoms with van der Waals surface area (Å²) in [5.41, 5.74) is 7.31. The van der Waals surface area contributed by atoms with Crippen LogP contribution in [0.5, 0.6) is 0 Å². The number of nitrogen functional groups attached to an aromatic ring is 1. The van der Waals surface area contributed by atoms with Crippen molar-refractivity contribution in [3.05, 3.63) is 65.9 Å². The predicted octanol–water partition coefficient (Wildman–Crippen LogP) is 2.43. The molecule has 5 nitrogen and oxygen atoms in total. The fourth-order valence-electron chi connectivity index (χ4n) is 3.03. The molecular formula is C20H24N4O. The zero-order chi connectivity index (χ0) is 17.5. The molecule has 0 saturated carbocycles. The molecule has 130 valence electrons. The third-order valence-corrected chi connectivity index (χ3v) is 4.44. The van der Waals surface area contributed by atoms with Gasteiger partial charge in [0.15, 0.2) is 0 Å². The fourth-order valence-corrected chi connectivity index (χ4v) is 3.03. The minimum absolute atomic E-state index is 0.0880. The van der Waals surface area contributed by atoms with Crippen molar-refractivity contribution < 1.29 is 4.79 Å². The van der Waals surface area contributed by atoms with Gasteiger partial charge in [0.05, 0.1) is 5.56 Å². The Morgan fingerprint density at radius 1 is 1.28 bits per heavy atom. The second kappa shape index (κ2) is 8.44. The van der Waals surface area contributed by atoms with E-state index in [0.29, 0.717) is 23.8 Å². The highest BCUT2D eigenvalue weighted by molar-refractivity contribution is 5.94. The molecule has 0 aliphatic carbocycles. The molecule has 0 bridgehead atoms. The second-order valence-corrected chi connectivity index (χ2v) is 6.41. The second-order valence-electron chi connectivity index (χ2n) is 6.41. The van der Waals surface area contributed by atoms with E-state index in [1.807, 2.05) is 18.2 Å². The van der Waals surface area contributed by atoms with Crippen LogP contribution in [0.15, 0.2) is 54.7 Å². The number of aromatic nitrogens is 1. The molecule has 1 fully saturated rings. The summed E-state index contributed by atoms with van der Waals surface area (Å²) >= 11 is 0. The third-order valence-electron chi connectivity index (χ3n) is 4.44. The molecule has 2 heterocycles. The number of likely N-dealkylation sites (tertiary alicyclic amines) is 1. The van der Waals surface area contributed by atoms with Crippen LogP contribution in [0.2, 0.25) is 0 Å². The van der Waals surface area contributed by atoms with E-state index in [4.69, 9.17) is 5.73 Å². The lowest BCUT2D eigenvalue weighted by Gasteiger charge is -2.14. The van der Waals surface area contributed by atoms with Crippen molar-refractivity contribution in [3.63, 3.8) is 0 Å². The average Bonchev–Trinajstić information content (AvgIpc) is 3.09. The lowest BCUT2D eigenvalue weighted by molar-refractivity contribution is 0.0947. The summed E-state index contributed by atoms with van der Waals surface area (Å²) in [5, 5.41) is 3.00. The number of nitrogens with two attached hydrogens (primary N) is 1. The Labute approximate surface area is 148 Å². The number of hydrogen-bond donors (Lipinski definition) is 2. The van der Waals surface area contributed by atoms with Gasteiger partial charge < -0.3 is 11.1 Å². The van der Waals surface area contributed by atoms with Gasteiger partial charge in [-0.3, -0.25) is 9.69 Å². The van der Waals surface area contributed by atoms with E-state index in [0.717, 1.165) is 26.1 Å².